The fourth-order valence-electron chi connectivity index (χ4n) is 2.64. The van der Waals surface area contributed by atoms with Crippen LogP contribution in [0, 0.1) is 0 Å². The van der Waals surface area contributed by atoms with Crippen molar-refractivity contribution in [1.82, 2.24) is 5.43 Å². The molecule has 1 aliphatic rings. The Labute approximate surface area is 162 Å². The Morgan fingerprint density at radius 1 is 1.11 bits per heavy atom. The van der Waals surface area contributed by atoms with E-state index in [1.54, 1.807) is 62.4 Å². The van der Waals surface area contributed by atoms with Crippen LogP contribution in [0.3, 0.4) is 0 Å². The minimum Gasteiger partial charge on any atom is -0.479 e. The van der Waals surface area contributed by atoms with E-state index in [4.69, 9.17) is 9.47 Å². The van der Waals surface area contributed by atoms with Gasteiger partial charge in [0.1, 0.15) is 11.3 Å². The molecule has 0 saturated carbocycles. The van der Waals surface area contributed by atoms with Crippen LogP contribution in [0.25, 0.3) is 6.08 Å². The Bertz CT molecular complexity index is 906. The lowest BCUT2D eigenvalue weighted by atomic mass is 10.1. The smallest absolute Gasteiger partial charge is 0.347 e. The van der Waals surface area contributed by atoms with Gasteiger partial charge in [0, 0.05) is 0 Å². The number of para-hydroxylation sites is 1. The van der Waals surface area contributed by atoms with Crippen molar-refractivity contribution in [1.29, 1.82) is 0 Å². The Kier molecular flexibility index (Phi) is 5.74. The molecule has 1 fully saturated rings. The Morgan fingerprint density at radius 2 is 1.79 bits per heavy atom. The summed E-state index contributed by atoms with van der Waals surface area (Å²) < 4.78 is 10.4. The topological polar surface area (TPSA) is 84.9 Å². The highest BCUT2D eigenvalue weighted by Gasteiger charge is 2.34. The van der Waals surface area contributed by atoms with Gasteiger partial charge in [-0.3, -0.25) is 15.0 Å². The molecule has 2 aromatic rings. The van der Waals surface area contributed by atoms with Gasteiger partial charge in [-0.25, -0.2) is 9.80 Å². The van der Waals surface area contributed by atoms with Crippen LogP contribution < -0.4 is 15.2 Å². The number of hydrazine groups is 1. The summed E-state index contributed by atoms with van der Waals surface area (Å²) in [5, 5.41) is 1.21. The number of carbonyl (C=O) groups is 3. The summed E-state index contributed by atoms with van der Waals surface area (Å²) in [6.07, 6.45) is 0.782. The van der Waals surface area contributed by atoms with E-state index in [0.29, 0.717) is 17.0 Å². The van der Waals surface area contributed by atoms with E-state index in [1.165, 1.54) is 11.1 Å². The van der Waals surface area contributed by atoms with E-state index in [0.717, 1.165) is 0 Å². The molecule has 2 amide bonds. The van der Waals surface area contributed by atoms with E-state index < -0.39 is 23.9 Å². The molecule has 1 saturated heterocycles. The summed E-state index contributed by atoms with van der Waals surface area (Å²) in [4.78, 5) is 36.4. The predicted molar refractivity (Wildman–Crippen MR) is 103 cm³/mol. The third kappa shape index (κ3) is 4.20. The number of benzene rings is 2. The highest BCUT2D eigenvalue weighted by molar-refractivity contribution is 6.31. The second kappa shape index (κ2) is 8.39. The molecule has 3 rings (SSSR count). The van der Waals surface area contributed by atoms with E-state index in [2.05, 4.69) is 5.43 Å². The Morgan fingerprint density at radius 3 is 2.43 bits per heavy atom. The molecule has 0 unspecified atom stereocenters. The van der Waals surface area contributed by atoms with Crippen LogP contribution in [0.1, 0.15) is 19.4 Å². The highest BCUT2D eigenvalue weighted by Crippen LogP contribution is 2.22. The lowest BCUT2D eigenvalue weighted by Gasteiger charge is -2.14. The largest absolute Gasteiger partial charge is 0.479 e. The fraction of sp³-hybridized carbons (Fsp3) is 0.190. The van der Waals surface area contributed by atoms with Crippen molar-refractivity contribution in [2.24, 2.45) is 0 Å². The number of nitrogens with zero attached hydrogens (tertiary/aromatic N) is 1. The van der Waals surface area contributed by atoms with Crippen molar-refractivity contribution in [3.05, 3.63) is 65.7 Å². The Hall–Kier alpha value is -3.61. The molecule has 1 N–H and O–H groups in total. The van der Waals surface area contributed by atoms with Crippen LogP contribution in [0.4, 0.5) is 5.69 Å². The number of rotatable bonds is 6. The quantitative estimate of drug-likeness (QED) is 0.473. The number of esters is 1. The molecule has 144 valence electrons. The molecule has 0 radical (unpaired) electrons. The molecule has 2 aromatic carbocycles. The normalized spacial score (nSPS) is 16.1. The summed E-state index contributed by atoms with van der Waals surface area (Å²) in [5.74, 6) is -0.851. The van der Waals surface area contributed by atoms with Crippen molar-refractivity contribution in [2.75, 3.05) is 11.6 Å². The third-order valence-corrected chi connectivity index (χ3v) is 4.03. The molecule has 1 heterocycles. The van der Waals surface area contributed by atoms with Gasteiger partial charge in [0.15, 0.2) is 6.10 Å². The number of carbonyl (C=O) groups excluding carboxylic acids is 3. The first kappa shape index (κ1) is 19.2. The molecule has 7 nitrogen and oxygen atoms in total. The number of anilines is 1. The van der Waals surface area contributed by atoms with E-state index in [1.807, 2.05) is 6.07 Å². The molecule has 1 atom stereocenters. The van der Waals surface area contributed by atoms with Gasteiger partial charge in [-0.2, -0.15) is 0 Å². The first-order valence-electron chi connectivity index (χ1n) is 8.85. The van der Waals surface area contributed by atoms with Crippen LogP contribution in [0.15, 0.2) is 60.2 Å². The zero-order valence-corrected chi connectivity index (χ0v) is 15.5. The monoisotopic (exact) mass is 380 g/mol. The maximum absolute atomic E-state index is 12.6. The van der Waals surface area contributed by atoms with Gasteiger partial charge < -0.3 is 9.47 Å². The average molecular weight is 380 g/mol. The molecule has 28 heavy (non-hydrogen) atoms. The second-order valence-corrected chi connectivity index (χ2v) is 6.06. The molecule has 1 aliphatic heterocycles. The van der Waals surface area contributed by atoms with Crippen LogP contribution >= 0.6 is 0 Å². The zero-order chi connectivity index (χ0) is 20.1. The fourth-order valence-corrected chi connectivity index (χ4v) is 2.64. The minimum atomic E-state index is -0.731. The maximum Gasteiger partial charge on any atom is 0.347 e. The van der Waals surface area contributed by atoms with Crippen molar-refractivity contribution < 1.29 is 23.9 Å². The number of hydrogen-bond acceptors (Lipinski definition) is 5. The van der Waals surface area contributed by atoms with Crippen LogP contribution in [0.2, 0.25) is 0 Å². The van der Waals surface area contributed by atoms with Crippen LogP contribution in [0.5, 0.6) is 5.75 Å². The van der Waals surface area contributed by atoms with E-state index >= 15 is 0 Å². The summed E-state index contributed by atoms with van der Waals surface area (Å²) in [7, 11) is 0. The number of hydrogen-bond donors (Lipinski definition) is 1. The third-order valence-electron chi connectivity index (χ3n) is 4.03. The first-order chi connectivity index (χ1) is 13.5. The van der Waals surface area contributed by atoms with E-state index in [-0.39, 0.29) is 12.2 Å². The first-order valence-corrected chi connectivity index (χ1v) is 8.85. The summed E-state index contributed by atoms with van der Waals surface area (Å²) in [5.41, 5.74) is 3.83. The zero-order valence-electron chi connectivity index (χ0n) is 15.5. The van der Waals surface area contributed by atoms with Gasteiger partial charge in [-0.05, 0) is 49.8 Å². The molecule has 0 aromatic heterocycles. The molecular weight excluding hydrogens is 360 g/mol. The number of ether oxygens (including phenoxy) is 2. The van der Waals surface area contributed by atoms with Crippen molar-refractivity contribution in [3.8, 4) is 5.75 Å². The van der Waals surface area contributed by atoms with Gasteiger partial charge in [0.05, 0.1) is 12.3 Å². The lowest BCUT2D eigenvalue weighted by Crippen LogP contribution is -2.35. The van der Waals surface area contributed by atoms with Gasteiger partial charge in [0.25, 0.3) is 11.8 Å². The van der Waals surface area contributed by atoms with Gasteiger partial charge in [-0.1, -0.05) is 30.3 Å². The maximum atomic E-state index is 12.6. The van der Waals surface area contributed by atoms with Crippen molar-refractivity contribution in [2.45, 2.75) is 20.0 Å². The molecule has 0 bridgehead atoms. The minimum absolute atomic E-state index is 0.0393. The predicted octanol–water partition coefficient (Wildman–Crippen LogP) is 2.48. The standard InChI is InChI=1S/C21H20N2O5/c1-3-27-21(26)14(2)28-17-11-9-15(10-12-17)13-18-19(24)22-23(20(18)25)16-7-5-4-6-8-16/h4-14H,3H2,1-2H3,(H,22,24)/b18-13-/t14-/m1/s1. The van der Waals surface area contributed by atoms with Crippen molar-refractivity contribution >= 4 is 29.5 Å². The van der Waals surface area contributed by atoms with Crippen molar-refractivity contribution in [3.63, 3.8) is 0 Å². The number of amides is 2. The second-order valence-electron chi connectivity index (χ2n) is 6.06. The molecule has 0 aliphatic carbocycles. The summed E-state index contributed by atoms with van der Waals surface area (Å²) in [6, 6.07) is 15.6. The van der Waals surface area contributed by atoms with Crippen LogP contribution in [-0.2, 0) is 19.1 Å². The number of nitrogens with one attached hydrogen (secondary N) is 1. The van der Waals surface area contributed by atoms with Gasteiger partial charge in [0.2, 0.25) is 0 Å². The SMILES string of the molecule is CCOC(=O)[C@@H](C)Oc1ccc(/C=C2/C(=O)NN(c3ccccc3)C2=O)cc1. The lowest BCUT2D eigenvalue weighted by molar-refractivity contribution is -0.150. The Balaban J connectivity index is 1.72. The van der Waals surface area contributed by atoms with Gasteiger partial charge in [-0.15, -0.1) is 0 Å². The summed E-state index contributed by atoms with van der Waals surface area (Å²) >= 11 is 0. The van der Waals surface area contributed by atoms with Crippen LogP contribution in [-0.4, -0.2) is 30.5 Å². The average Bonchev–Trinajstić information content (AvgIpc) is 2.98. The summed E-state index contributed by atoms with van der Waals surface area (Å²) in [6.45, 7) is 3.62. The molecule has 0 spiro atoms. The van der Waals surface area contributed by atoms with Gasteiger partial charge >= 0.3 is 5.97 Å². The molecule has 7 heteroatoms. The molecular formula is C21H20N2O5. The van der Waals surface area contributed by atoms with E-state index in [9.17, 15) is 14.4 Å². The highest BCUT2D eigenvalue weighted by atomic mass is 16.6.